The van der Waals surface area contributed by atoms with Crippen molar-refractivity contribution < 1.29 is 4.74 Å². The molecule has 16 heavy (non-hydrogen) atoms. The molecule has 0 aliphatic carbocycles. The molecule has 0 radical (unpaired) electrons. The summed E-state index contributed by atoms with van der Waals surface area (Å²) >= 11 is 5.75. The van der Waals surface area contributed by atoms with Crippen molar-refractivity contribution in [3.8, 4) is 0 Å². The molecule has 2 saturated heterocycles. The predicted molar refractivity (Wildman–Crippen MR) is 75.5 cm³/mol. The highest BCUT2D eigenvalue weighted by Gasteiger charge is 2.41. The molecular formula is C13H23BrOS. The van der Waals surface area contributed by atoms with Crippen LogP contribution in [0.3, 0.4) is 0 Å². The number of hydrogen-bond donors (Lipinski definition) is 0. The second kappa shape index (κ2) is 5.62. The first-order chi connectivity index (χ1) is 7.61. The van der Waals surface area contributed by atoms with Crippen LogP contribution < -0.4 is 0 Å². The fourth-order valence-corrected chi connectivity index (χ4v) is 5.09. The van der Waals surface area contributed by atoms with Crippen LogP contribution in [0.15, 0.2) is 0 Å². The molecule has 2 aliphatic heterocycles. The van der Waals surface area contributed by atoms with Crippen LogP contribution >= 0.6 is 27.7 Å². The molecule has 0 aromatic carbocycles. The van der Waals surface area contributed by atoms with Crippen molar-refractivity contribution in [2.24, 2.45) is 11.8 Å². The van der Waals surface area contributed by atoms with Crippen LogP contribution in [0, 0.1) is 11.8 Å². The topological polar surface area (TPSA) is 9.23 Å². The van der Waals surface area contributed by atoms with E-state index in [1.807, 2.05) is 0 Å². The zero-order valence-corrected chi connectivity index (χ0v) is 12.8. The zero-order chi connectivity index (χ0) is 11.6. The third-order valence-corrected chi connectivity index (χ3v) is 5.70. The highest BCUT2D eigenvalue weighted by atomic mass is 79.9. The van der Waals surface area contributed by atoms with Crippen LogP contribution in [0.25, 0.3) is 0 Å². The molecule has 1 spiro atoms. The quantitative estimate of drug-likeness (QED) is 0.726. The molecule has 0 amide bonds. The van der Waals surface area contributed by atoms with E-state index in [4.69, 9.17) is 4.74 Å². The van der Waals surface area contributed by atoms with Gasteiger partial charge in [-0.15, -0.1) is 0 Å². The molecule has 2 aliphatic rings. The molecule has 0 aromatic heterocycles. The minimum atomic E-state index is 0.261. The molecule has 4 unspecified atom stereocenters. The lowest BCUT2D eigenvalue weighted by Crippen LogP contribution is -2.41. The Morgan fingerprint density at radius 3 is 2.94 bits per heavy atom. The summed E-state index contributed by atoms with van der Waals surface area (Å²) in [5, 5.41) is 0. The molecule has 0 saturated carbocycles. The molecule has 94 valence electrons. The van der Waals surface area contributed by atoms with E-state index in [9.17, 15) is 0 Å². The second-order valence-electron chi connectivity index (χ2n) is 5.58. The van der Waals surface area contributed by atoms with Crippen LogP contribution in [0.5, 0.6) is 0 Å². The standard InChI is InChI=1S/C13H23BrOS/c1-10(7-11(2)14)12-3-5-15-13(8-12)4-6-16-9-13/h10-12H,3-9H2,1-2H3. The van der Waals surface area contributed by atoms with Crippen molar-refractivity contribution in [3.63, 3.8) is 0 Å². The van der Waals surface area contributed by atoms with Crippen molar-refractivity contribution in [2.75, 3.05) is 18.1 Å². The molecule has 4 atom stereocenters. The fraction of sp³-hybridized carbons (Fsp3) is 1.00. The van der Waals surface area contributed by atoms with Crippen LogP contribution in [0.2, 0.25) is 0 Å². The Labute approximate surface area is 112 Å². The fourth-order valence-electron chi connectivity index (χ4n) is 3.12. The van der Waals surface area contributed by atoms with E-state index in [1.54, 1.807) is 0 Å². The molecule has 2 heterocycles. The average Bonchev–Trinajstić information content (AvgIpc) is 2.65. The summed E-state index contributed by atoms with van der Waals surface area (Å²) in [6.07, 6.45) is 5.16. The molecule has 1 nitrogen and oxygen atoms in total. The summed E-state index contributed by atoms with van der Waals surface area (Å²) in [5.74, 6) is 4.25. The first kappa shape index (κ1) is 13.2. The van der Waals surface area contributed by atoms with Crippen molar-refractivity contribution in [2.45, 2.75) is 50.0 Å². The van der Waals surface area contributed by atoms with Crippen LogP contribution in [0.1, 0.15) is 39.5 Å². The van der Waals surface area contributed by atoms with Gasteiger partial charge >= 0.3 is 0 Å². The maximum absolute atomic E-state index is 6.08. The number of ether oxygens (including phenoxy) is 1. The van der Waals surface area contributed by atoms with Crippen molar-refractivity contribution in [1.82, 2.24) is 0 Å². The Balaban J connectivity index is 1.90. The summed E-state index contributed by atoms with van der Waals surface area (Å²) in [6, 6.07) is 0. The number of rotatable bonds is 3. The van der Waals surface area contributed by atoms with Crippen molar-refractivity contribution in [3.05, 3.63) is 0 Å². The highest BCUT2D eigenvalue weighted by Crippen LogP contribution is 2.43. The average molecular weight is 307 g/mol. The Bertz CT molecular complexity index is 226. The molecule has 0 N–H and O–H groups in total. The molecular weight excluding hydrogens is 284 g/mol. The molecule has 3 heteroatoms. The van der Waals surface area contributed by atoms with Crippen molar-refractivity contribution >= 4 is 27.7 Å². The first-order valence-electron chi connectivity index (χ1n) is 6.47. The maximum Gasteiger partial charge on any atom is 0.0783 e. The summed E-state index contributed by atoms with van der Waals surface area (Å²) < 4.78 is 6.08. The minimum absolute atomic E-state index is 0.261. The van der Waals surface area contributed by atoms with E-state index >= 15 is 0 Å². The highest BCUT2D eigenvalue weighted by molar-refractivity contribution is 9.09. The molecule has 0 bridgehead atoms. The van der Waals surface area contributed by atoms with Gasteiger partial charge in [0.25, 0.3) is 0 Å². The molecule has 0 aromatic rings. The summed E-state index contributed by atoms with van der Waals surface area (Å²) in [6.45, 7) is 5.67. The van der Waals surface area contributed by atoms with Gasteiger partial charge in [0, 0.05) is 17.2 Å². The third kappa shape index (κ3) is 3.17. The maximum atomic E-state index is 6.08. The molecule has 2 fully saturated rings. The first-order valence-corrected chi connectivity index (χ1v) is 8.54. The summed E-state index contributed by atoms with van der Waals surface area (Å²) in [7, 11) is 0. The van der Waals surface area contributed by atoms with Gasteiger partial charge < -0.3 is 4.74 Å². The number of thioether (sulfide) groups is 1. The van der Waals surface area contributed by atoms with Gasteiger partial charge in [-0.25, -0.2) is 0 Å². The summed E-state index contributed by atoms with van der Waals surface area (Å²) in [5.41, 5.74) is 0.261. The predicted octanol–water partition coefficient (Wildman–Crippen LogP) is 4.10. The second-order valence-corrected chi connectivity index (χ2v) is 8.25. The number of hydrogen-bond acceptors (Lipinski definition) is 2. The Hall–Kier alpha value is 0.790. The van der Waals surface area contributed by atoms with Gasteiger partial charge in [-0.3, -0.25) is 0 Å². The zero-order valence-electron chi connectivity index (χ0n) is 10.4. The third-order valence-electron chi connectivity index (χ3n) is 4.10. The van der Waals surface area contributed by atoms with Crippen LogP contribution in [-0.4, -0.2) is 28.5 Å². The van der Waals surface area contributed by atoms with Gasteiger partial charge in [0.05, 0.1) is 5.60 Å². The number of halogens is 1. The van der Waals surface area contributed by atoms with Crippen LogP contribution in [0.4, 0.5) is 0 Å². The Morgan fingerprint density at radius 2 is 2.31 bits per heavy atom. The van der Waals surface area contributed by atoms with Gasteiger partial charge in [0.15, 0.2) is 0 Å². The smallest absolute Gasteiger partial charge is 0.0783 e. The lowest BCUT2D eigenvalue weighted by molar-refractivity contribution is -0.0883. The summed E-state index contributed by atoms with van der Waals surface area (Å²) in [4.78, 5) is 0.652. The van der Waals surface area contributed by atoms with Crippen molar-refractivity contribution in [1.29, 1.82) is 0 Å². The van der Waals surface area contributed by atoms with E-state index in [-0.39, 0.29) is 5.60 Å². The normalized spacial score (nSPS) is 38.8. The van der Waals surface area contributed by atoms with E-state index in [2.05, 4.69) is 41.5 Å². The lowest BCUT2D eigenvalue weighted by Gasteiger charge is -2.40. The SMILES string of the molecule is CC(Br)CC(C)C1CCOC2(CCSC2)C1. The Morgan fingerprint density at radius 1 is 1.50 bits per heavy atom. The van der Waals surface area contributed by atoms with E-state index in [1.165, 1.54) is 37.2 Å². The van der Waals surface area contributed by atoms with Gasteiger partial charge in [-0.2, -0.15) is 11.8 Å². The van der Waals surface area contributed by atoms with Crippen LogP contribution in [-0.2, 0) is 4.74 Å². The number of alkyl halides is 1. The monoisotopic (exact) mass is 306 g/mol. The Kier molecular flexibility index (Phi) is 4.65. The minimum Gasteiger partial charge on any atom is -0.374 e. The van der Waals surface area contributed by atoms with E-state index in [0.717, 1.165) is 18.4 Å². The molecule has 2 rings (SSSR count). The van der Waals surface area contributed by atoms with E-state index < -0.39 is 0 Å². The van der Waals surface area contributed by atoms with Gasteiger partial charge in [-0.1, -0.05) is 29.8 Å². The van der Waals surface area contributed by atoms with Gasteiger partial charge in [-0.05, 0) is 43.3 Å². The van der Waals surface area contributed by atoms with E-state index in [0.29, 0.717) is 4.83 Å². The van der Waals surface area contributed by atoms with Gasteiger partial charge in [0.1, 0.15) is 0 Å². The van der Waals surface area contributed by atoms with Gasteiger partial charge in [0.2, 0.25) is 0 Å². The largest absolute Gasteiger partial charge is 0.374 e. The lowest BCUT2D eigenvalue weighted by atomic mass is 9.77.